The van der Waals surface area contributed by atoms with E-state index in [1.165, 1.54) is 29.5 Å². The number of anilines is 4. The molecular weight excluding hydrogens is 527 g/mol. The highest BCUT2D eigenvalue weighted by atomic mass is 32.1. The summed E-state index contributed by atoms with van der Waals surface area (Å²) in [5, 5.41) is 8.85. The number of aromatic amines is 1. The lowest BCUT2D eigenvalue weighted by Crippen LogP contribution is -2.32. The van der Waals surface area contributed by atoms with E-state index in [2.05, 4.69) is 35.8 Å². The molecule has 2 heterocycles. The number of alkyl halides is 3. The van der Waals surface area contributed by atoms with Crippen LogP contribution in [0, 0.1) is 0 Å². The summed E-state index contributed by atoms with van der Waals surface area (Å²) in [4.78, 5) is 27.4. The molecule has 8 nitrogen and oxygen atoms in total. The van der Waals surface area contributed by atoms with Crippen LogP contribution in [0.25, 0.3) is 21.3 Å². The average molecular weight is 554 g/mol. The molecule has 3 aromatic carbocycles. The van der Waals surface area contributed by atoms with Crippen molar-refractivity contribution >= 4 is 61.5 Å². The standard InChI is InChI=1S/C27H26F3N7OS/c1-3-37(11-10-31-2)23-14-22-21(35-26(36-22)34-19-7-5-4-6-18(19)27(28,29)30)13-17(23)25(38)33-16-8-9-20-24(12-16)39-15-32-20/h4-9,12-15,31H,3,10-11H2,1-2H3,(H,33,38)(H2,34,35,36). The van der Waals surface area contributed by atoms with E-state index in [0.29, 0.717) is 47.6 Å². The number of carbonyl (C=O) groups excluding carboxylic acids is 1. The largest absolute Gasteiger partial charge is 0.418 e. The summed E-state index contributed by atoms with van der Waals surface area (Å²) in [6, 6.07) is 14.2. The minimum Gasteiger partial charge on any atom is -0.370 e. The van der Waals surface area contributed by atoms with Gasteiger partial charge in [-0.05, 0) is 56.4 Å². The minimum atomic E-state index is -4.52. The third-order valence-corrected chi connectivity index (χ3v) is 7.06. The van der Waals surface area contributed by atoms with Gasteiger partial charge in [-0.25, -0.2) is 9.97 Å². The van der Waals surface area contributed by atoms with Gasteiger partial charge < -0.3 is 25.8 Å². The molecule has 0 aliphatic rings. The SMILES string of the molecule is CCN(CCNC)c1cc2nc(Nc3ccccc3C(F)(F)F)[nH]c2cc1C(=O)Nc1ccc2ncsc2c1. The first-order chi connectivity index (χ1) is 18.8. The van der Waals surface area contributed by atoms with Crippen LogP contribution in [-0.4, -0.2) is 47.5 Å². The van der Waals surface area contributed by atoms with Crippen LogP contribution in [0.5, 0.6) is 0 Å². The van der Waals surface area contributed by atoms with E-state index >= 15 is 0 Å². The summed E-state index contributed by atoms with van der Waals surface area (Å²) < 4.78 is 41.4. The van der Waals surface area contributed by atoms with Gasteiger partial charge in [-0.2, -0.15) is 13.2 Å². The minimum absolute atomic E-state index is 0.120. The van der Waals surface area contributed by atoms with Gasteiger partial charge >= 0.3 is 6.18 Å². The van der Waals surface area contributed by atoms with E-state index in [0.717, 1.165) is 16.3 Å². The Balaban J connectivity index is 1.52. The molecule has 5 aromatic rings. The number of hydrogen-bond acceptors (Lipinski definition) is 7. The number of para-hydroxylation sites is 1. The molecular formula is C27H26F3N7OS. The van der Waals surface area contributed by atoms with E-state index < -0.39 is 11.7 Å². The number of nitrogens with zero attached hydrogens (tertiary/aromatic N) is 3. The van der Waals surface area contributed by atoms with Crippen LogP contribution in [0.2, 0.25) is 0 Å². The van der Waals surface area contributed by atoms with Gasteiger partial charge in [-0.1, -0.05) is 12.1 Å². The van der Waals surface area contributed by atoms with E-state index in [4.69, 9.17) is 0 Å². The van der Waals surface area contributed by atoms with Crippen molar-refractivity contribution in [1.82, 2.24) is 20.3 Å². The number of nitrogens with one attached hydrogen (secondary N) is 4. The topological polar surface area (TPSA) is 98.0 Å². The molecule has 2 aromatic heterocycles. The number of aromatic nitrogens is 3. The number of carbonyl (C=O) groups is 1. The molecule has 0 bridgehead atoms. The first kappa shape index (κ1) is 26.4. The number of rotatable bonds is 9. The second-order valence-electron chi connectivity index (χ2n) is 8.81. The van der Waals surface area contributed by atoms with Crippen LogP contribution in [0.1, 0.15) is 22.8 Å². The number of benzene rings is 3. The molecule has 0 aliphatic carbocycles. The van der Waals surface area contributed by atoms with E-state index in [-0.39, 0.29) is 17.5 Å². The molecule has 0 aliphatic heterocycles. The number of imidazole rings is 1. The van der Waals surface area contributed by atoms with Crippen molar-refractivity contribution in [3.05, 3.63) is 71.2 Å². The van der Waals surface area contributed by atoms with Crippen LogP contribution in [0.15, 0.2) is 60.1 Å². The van der Waals surface area contributed by atoms with Gasteiger partial charge in [0, 0.05) is 25.3 Å². The van der Waals surface area contributed by atoms with Gasteiger partial charge in [0.05, 0.1) is 49.3 Å². The van der Waals surface area contributed by atoms with Crippen LogP contribution in [0.4, 0.5) is 36.2 Å². The van der Waals surface area contributed by atoms with Gasteiger partial charge in [-0.15, -0.1) is 11.3 Å². The summed E-state index contributed by atoms with van der Waals surface area (Å²) in [5.74, 6) is -0.177. The van der Waals surface area contributed by atoms with Gasteiger partial charge in [0.2, 0.25) is 5.95 Å². The van der Waals surface area contributed by atoms with Crippen molar-refractivity contribution in [3.8, 4) is 0 Å². The molecule has 0 spiro atoms. The Morgan fingerprint density at radius 1 is 1.10 bits per heavy atom. The van der Waals surface area contributed by atoms with Crippen molar-refractivity contribution in [2.45, 2.75) is 13.1 Å². The van der Waals surface area contributed by atoms with Crippen LogP contribution in [-0.2, 0) is 6.18 Å². The third kappa shape index (κ3) is 5.66. The fourth-order valence-electron chi connectivity index (χ4n) is 4.34. The number of hydrogen-bond donors (Lipinski definition) is 4. The molecule has 5 rings (SSSR count). The molecule has 1 amide bonds. The summed E-state index contributed by atoms with van der Waals surface area (Å²) >= 11 is 1.48. The Kier molecular flexibility index (Phi) is 7.40. The highest BCUT2D eigenvalue weighted by Crippen LogP contribution is 2.36. The fraction of sp³-hybridized carbons (Fsp3) is 0.222. The zero-order chi connectivity index (χ0) is 27.6. The van der Waals surface area contributed by atoms with Gasteiger partial charge in [-0.3, -0.25) is 4.79 Å². The zero-order valence-corrected chi connectivity index (χ0v) is 22.0. The lowest BCUT2D eigenvalue weighted by atomic mass is 10.1. The monoisotopic (exact) mass is 553 g/mol. The number of fused-ring (bicyclic) bond motifs is 2. The Labute approximate surface area is 226 Å². The summed E-state index contributed by atoms with van der Waals surface area (Å²) in [7, 11) is 1.85. The molecule has 0 fully saturated rings. The summed E-state index contributed by atoms with van der Waals surface area (Å²) in [6.45, 7) is 3.95. The zero-order valence-electron chi connectivity index (χ0n) is 21.2. The predicted octanol–water partition coefficient (Wildman–Crippen LogP) is 6.23. The van der Waals surface area contributed by atoms with Gasteiger partial charge in [0.1, 0.15) is 0 Å². The Hall–Kier alpha value is -4.16. The quantitative estimate of drug-likeness (QED) is 0.173. The summed E-state index contributed by atoms with van der Waals surface area (Å²) in [6.07, 6.45) is -4.52. The second kappa shape index (κ2) is 10.9. The van der Waals surface area contributed by atoms with Crippen LogP contribution < -0.4 is 20.9 Å². The summed E-state index contributed by atoms with van der Waals surface area (Å²) in [5.41, 5.74) is 4.44. The van der Waals surface area contributed by atoms with Crippen molar-refractivity contribution in [2.75, 3.05) is 42.2 Å². The Bertz CT molecular complexity index is 1630. The number of likely N-dealkylation sites (N-methyl/N-ethyl adjacent to an activating group) is 2. The Morgan fingerprint density at radius 3 is 2.69 bits per heavy atom. The molecule has 0 saturated carbocycles. The molecule has 12 heteroatoms. The van der Waals surface area contributed by atoms with Crippen LogP contribution in [0.3, 0.4) is 0 Å². The lowest BCUT2D eigenvalue weighted by Gasteiger charge is -2.25. The molecule has 0 saturated heterocycles. The number of H-pyrrole nitrogens is 1. The van der Waals surface area contributed by atoms with Crippen molar-refractivity contribution < 1.29 is 18.0 Å². The average Bonchev–Trinajstić information content (AvgIpc) is 3.54. The van der Waals surface area contributed by atoms with E-state index in [1.807, 2.05) is 26.1 Å². The maximum absolute atomic E-state index is 13.6. The van der Waals surface area contributed by atoms with Crippen molar-refractivity contribution in [3.63, 3.8) is 0 Å². The highest BCUT2D eigenvalue weighted by molar-refractivity contribution is 7.16. The smallest absolute Gasteiger partial charge is 0.370 e. The Morgan fingerprint density at radius 2 is 1.92 bits per heavy atom. The first-order valence-electron chi connectivity index (χ1n) is 12.3. The maximum atomic E-state index is 13.6. The highest BCUT2D eigenvalue weighted by Gasteiger charge is 2.33. The predicted molar refractivity (Wildman–Crippen MR) is 150 cm³/mol. The number of amides is 1. The van der Waals surface area contributed by atoms with Gasteiger partial charge in [0.15, 0.2) is 0 Å². The fourth-order valence-corrected chi connectivity index (χ4v) is 5.06. The van der Waals surface area contributed by atoms with E-state index in [1.54, 1.807) is 23.7 Å². The van der Waals surface area contributed by atoms with Crippen molar-refractivity contribution in [2.24, 2.45) is 0 Å². The lowest BCUT2D eigenvalue weighted by molar-refractivity contribution is -0.136. The number of thiazole rings is 1. The van der Waals surface area contributed by atoms with Gasteiger partial charge in [0.25, 0.3) is 5.91 Å². The molecule has 0 radical (unpaired) electrons. The molecule has 39 heavy (non-hydrogen) atoms. The molecule has 4 N–H and O–H groups in total. The molecule has 0 atom stereocenters. The first-order valence-corrected chi connectivity index (χ1v) is 13.2. The molecule has 202 valence electrons. The normalized spacial score (nSPS) is 11.7. The third-order valence-electron chi connectivity index (χ3n) is 6.27. The van der Waals surface area contributed by atoms with Crippen LogP contribution >= 0.6 is 11.3 Å². The molecule has 0 unspecified atom stereocenters. The second-order valence-corrected chi connectivity index (χ2v) is 9.70. The van der Waals surface area contributed by atoms with Crippen molar-refractivity contribution in [1.29, 1.82) is 0 Å². The number of halogens is 3. The van der Waals surface area contributed by atoms with E-state index in [9.17, 15) is 18.0 Å². The maximum Gasteiger partial charge on any atom is 0.418 e.